The smallest absolute Gasteiger partial charge is 0.0223 e. The molecule has 2 aliphatic heterocycles. The second-order valence-corrected chi connectivity index (χ2v) is 7.13. The molecule has 1 aliphatic carbocycles. The molecule has 0 amide bonds. The lowest BCUT2D eigenvalue weighted by Crippen LogP contribution is -2.47. The summed E-state index contributed by atoms with van der Waals surface area (Å²) in [6, 6.07) is 1.80. The molecule has 2 saturated heterocycles. The molecule has 2 heteroatoms. The van der Waals surface area contributed by atoms with E-state index in [2.05, 4.69) is 16.7 Å². The maximum absolute atomic E-state index is 2.89. The first-order chi connectivity index (χ1) is 9.36. The fourth-order valence-electron chi connectivity index (χ4n) is 4.70. The molecule has 19 heavy (non-hydrogen) atoms. The predicted molar refractivity (Wildman–Crippen MR) is 81.4 cm³/mol. The molecule has 0 radical (unpaired) electrons. The fourth-order valence-corrected chi connectivity index (χ4v) is 4.70. The highest BCUT2D eigenvalue weighted by molar-refractivity contribution is 4.88. The van der Waals surface area contributed by atoms with Gasteiger partial charge >= 0.3 is 0 Å². The minimum absolute atomic E-state index is 0.887. The van der Waals surface area contributed by atoms with E-state index in [9.17, 15) is 0 Å². The predicted octanol–water partition coefficient (Wildman–Crippen LogP) is 3.52. The Bertz CT molecular complexity index is 278. The van der Waals surface area contributed by atoms with Gasteiger partial charge in [0.15, 0.2) is 0 Å². The summed E-state index contributed by atoms with van der Waals surface area (Å²) < 4.78 is 0. The fraction of sp³-hybridized carbons (Fsp3) is 1.00. The lowest BCUT2D eigenvalue weighted by atomic mass is 9.83. The molecule has 0 N–H and O–H groups in total. The molecule has 0 bridgehead atoms. The molecule has 0 aromatic carbocycles. The third kappa shape index (κ3) is 3.33. The average molecular weight is 264 g/mol. The van der Waals surface area contributed by atoms with Gasteiger partial charge in [-0.25, -0.2) is 0 Å². The molecule has 0 aromatic rings. The summed E-state index contributed by atoms with van der Waals surface area (Å²) in [7, 11) is 0. The normalized spacial score (nSPS) is 38.7. The van der Waals surface area contributed by atoms with Crippen molar-refractivity contribution < 1.29 is 0 Å². The van der Waals surface area contributed by atoms with Crippen LogP contribution in [0.1, 0.15) is 64.7 Å². The molecule has 3 atom stereocenters. The number of hydrogen-bond acceptors (Lipinski definition) is 2. The van der Waals surface area contributed by atoms with E-state index in [-0.39, 0.29) is 0 Å². The summed E-state index contributed by atoms with van der Waals surface area (Å²) in [5, 5.41) is 0. The molecule has 3 unspecified atom stereocenters. The van der Waals surface area contributed by atoms with Crippen molar-refractivity contribution in [1.82, 2.24) is 9.80 Å². The quantitative estimate of drug-likeness (QED) is 0.753. The second-order valence-electron chi connectivity index (χ2n) is 7.13. The van der Waals surface area contributed by atoms with Crippen LogP contribution in [0, 0.1) is 5.92 Å². The van der Waals surface area contributed by atoms with Crippen LogP contribution in [-0.4, -0.2) is 48.1 Å². The first kappa shape index (κ1) is 13.9. The van der Waals surface area contributed by atoms with Crippen LogP contribution in [-0.2, 0) is 0 Å². The first-order valence-electron chi connectivity index (χ1n) is 8.85. The summed E-state index contributed by atoms with van der Waals surface area (Å²) in [5.41, 5.74) is 0. The van der Waals surface area contributed by atoms with Crippen molar-refractivity contribution in [2.75, 3.05) is 26.2 Å². The lowest BCUT2D eigenvalue weighted by molar-refractivity contribution is 0.0934. The Labute approximate surface area is 119 Å². The minimum Gasteiger partial charge on any atom is -0.299 e. The number of fused-ring (bicyclic) bond motifs is 1. The zero-order chi connectivity index (χ0) is 13.1. The van der Waals surface area contributed by atoms with E-state index in [0.29, 0.717) is 0 Å². The van der Waals surface area contributed by atoms with Gasteiger partial charge in [-0.15, -0.1) is 0 Å². The van der Waals surface area contributed by atoms with E-state index < -0.39 is 0 Å². The molecular formula is C17H32N2. The maximum atomic E-state index is 2.89. The Hall–Kier alpha value is -0.0800. The minimum atomic E-state index is 0.887. The van der Waals surface area contributed by atoms with Crippen LogP contribution in [0.15, 0.2) is 0 Å². The number of rotatable bonds is 2. The van der Waals surface area contributed by atoms with E-state index >= 15 is 0 Å². The largest absolute Gasteiger partial charge is 0.299 e. The Balaban J connectivity index is 1.60. The van der Waals surface area contributed by atoms with Gasteiger partial charge in [-0.2, -0.15) is 0 Å². The molecule has 110 valence electrons. The van der Waals surface area contributed by atoms with Gasteiger partial charge in [-0.05, 0) is 57.7 Å². The zero-order valence-corrected chi connectivity index (χ0v) is 12.8. The molecule has 3 fully saturated rings. The van der Waals surface area contributed by atoms with Crippen molar-refractivity contribution in [3.8, 4) is 0 Å². The van der Waals surface area contributed by atoms with Crippen molar-refractivity contribution in [2.24, 2.45) is 5.92 Å². The molecule has 0 aromatic heterocycles. The Kier molecular flexibility index (Phi) is 4.81. The van der Waals surface area contributed by atoms with Crippen LogP contribution in [0.4, 0.5) is 0 Å². The average Bonchev–Trinajstić information content (AvgIpc) is 2.69. The summed E-state index contributed by atoms with van der Waals surface area (Å²) in [6.07, 6.45) is 13.1. The van der Waals surface area contributed by atoms with E-state index in [0.717, 1.165) is 18.0 Å². The second kappa shape index (κ2) is 6.58. The van der Waals surface area contributed by atoms with Crippen LogP contribution in [0.3, 0.4) is 0 Å². The van der Waals surface area contributed by atoms with Gasteiger partial charge in [-0.1, -0.05) is 32.6 Å². The van der Waals surface area contributed by atoms with Crippen LogP contribution >= 0.6 is 0 Å². The van der Waals surface area contributed by atoms with Crippen molar-refractivity contribution in [3.05, 3.63) is 0 Å². The van der Waals surface area contributed by atoms with Gasteiger partial charge in [0.1, 0.15) is 0 Å². The molecule has 1 saturated carbocycles. The SMILES string of the molecule is CCC1CCCC(N2CCCN3CCCCC3C2)C1. The van der Waals surface area contributed by atoms with Gasteiger partial charge in [0.05, 0.1) is 0 Å². The van der Waals surface area contributed by atoms with E-state index in [4.69, 9.17) is 0 Å². The topological polar surface area (TPSA) is 6.48 Å². The monoisotopic (exact) mass is 264 g/mol. The van der Waals surface area contributed by atoms with E-state index in [1.165, 1.54) is 84.0 Å². The zero-order valence-electron chi connectivity index (χ0n) is 12.8. The molecule has 3 aliphatic rings. The first-order valence-corrected chi connectivity index (χ1v) is 8.85. The summed E-state index contributed by atoms with van der Waals surface area (Å²) in [5.74, 6) is 1.02. The highest BCUT2D eigenvalue weighted by Crippen LogP contribution is 2.31. The van der Waals surface area contributed by atoms with E-state index in [1.54, 1.807) is 0 Å². The van der Waals surface area contributed by atoms with E-state index in [1.807, 2.05) is 0 Å². The van der Waals surface area contributed by atoms with Crippen LogP contribution < -0.4 is 0 Å². The number of hydrogen-bond donors (Lipinski definition) is 0. The number of piperidine rings is 1. The van der Waals surface area contributed by atoms with Crippen molar-refractivity contribution in [2.45, 2.75) is 76.8 Å². The van der Waals surface area contributed by atoms with Crippen molar-refractivity contribution >= 4 is 0 Å². The van der Waals surface area contributed by atoms with Crippen LogP contribution in [0.25, 0.3) is 0 Å². The highest BCUT2D eigenvalue weighted by atomic mass is 15.3. The van der Waals surface area contributed by atoms with Gasteiger partial charge < -0.3 is 0 Å². The summed E-state index contributed by atoms with van der Waals surface area (Å²) in [6.45, 7) is 7.87. The molecule has 3 rings (SSSR count). The molecule has 2 nitrogen and oxygen atoms in total. The summed E-state index contributed by atoms with van der Waals surface area (Å²) in [4.78, 5) is 5.68. The molecule has 2 heterocycles. The van der Waals surface area contributed by atoms with Crippen molar-refractivity contribution in [1.29, 1.82) is 0 Å². The lowest BCUT2D eigenvalue weighted by Gasteiger charge is -2.40. The van der Waals surface area contributed by atoms with Gasteiger partial charge in [-0.3, -0.25) is 9.80 Å². The standard InChI is InChI=1S/C17H32N2/c1-2-15-7-5-9-16(13-15)19-12-6-11-18-10-4-3-8-17(18)14-19/h15-17H,2-14H2,1H3. The number of nitrogens with zero attached hydrogens (tertiary/aromatic N) is 2. The van der Waals surface area contributed by atoms with Gasteiger partial charge in [0, 0.05) is 18.6 Å². The molecular weight excluding hydrogens is 232 g/mol. The highest BCUT2D eigenvalue weighted by Gasteiger charge is 2.32. The third-order valence-electron chi connectivity index (χ3n) is 5.93. The van der Waals surface area contributed by atoms with Crippen LogP contribution in [0.5, 0.6) is 0 Å². The Morgan fingerprint density at radius 2 is 1.58 bits per heavy atom. The Morgan fingerprint density at radius 3 is 2.47 bits per heavy atom. The molecule has 0 spiro atoms. The van der Waals surface area contributed by atoms with Crippen LogP contribution in [0.2, 0.25) is 0 Å². The Morgan fingerprint density at radius 1 is 0.789 bits per heavy atom. The van der Waals surface area contributed by atoms with Gasteiger partial charge in [0.2, 0.25) is 0 Å². The van der Waals surface area contributed by atoms with Gasteiger partial charge in [0.25, 0.3) is 0 Å². The summed E-state index contributed by atoms with van der Waals surface area (Å²) >= 11 is 0. The van der Waals surface area contributed by atoms with Crippen molar-refractivity contribution in [3.63, 3.8) is 0 Å². The maximum Gasteiger partial charge on any atom is 0.0223 e. The third-order valence-corrected chi connectivity index (χ3v) is 5.93.